The van der Waals surface area contributed by atoms with Crippen molar-refractivity contribution in [3.63, 3.8) is 0 Å². The molecular formula is C33H41ClN4O3. The lowest BCUT2D eigenvalue weighted by molar-refractivity contribution is -0.145. The molecule has 1 saturated heterocycles. The number of benzene rings is 3. The summed E-state index contributed by atoms with van der Waals surface area (Å²) in [6.07, 6.45) is 2.46. The molecule has 3 N–H and O–H groups in total. The van der Waals surface area contributed by atoms with E-state index >= 15 is 0 Å². The zero-order valence-electron chi connectivity index (χ0n) is 24.2. The van der Waals surface area contributed by atoms with Crippen LogP contribution in [0.1, 0.15) is 51.2 Å². The molecule has 0 bridgehead atoms. The molecule has 3 amide bonds. The van der Waals surface area contributed by atoms with E-state index in [1.165, 1.54) is 0 Å². The SMILES string of the molecule is CC(C)(C)C(=O)N1CCC[C@H]1C(=O)N[C@H](Cc1ccc2ccccc2c1)C(=O)NCCCNCc1ccc(Cl)cc1. The molecule has 1 fully saturated rings. The first-order valence-electron chi connectivity index (χ1n) is 14.4. The number of hydrogen-bond acceptors (Lipinski definition) is 4. The smallest absolute Gasteiger partial charge is 0.243 e. The van der Waals surface area contributed by atoms with E-state index < -0.39 is 17.5 Å². The molecule has 7 nitrogen and oxygen atoms in total. The standard InChI is InChI=1S/C33H41ClN4O3/c1-33(2,3)32(41)38-19-6-10-29(38)31(40)37-28(21-24-11-14-25-8-4-5-9-26(25)20-24)30(39)36-18-7-17-35-22-23-12-15-27(34)16-13-23/h4-5,8-9,11-16,20,28-29,35H,6-7,10,17-19,21-22H2,1-3H3,(H,36,39)(H,37,40)/t28-,29+/m1/s1. The largest absolute Gasteiger partial charge is 0.354 e. The van der Waals surface area contributed by atoms with E-state index in [2.05, 4.69) is 22.0 Å². The van der Waals surface area contributed by atoms with Crippen molar-refractivity contribution in [2.24, 2.45) is 5.41 Å². The molecule has 0 saturated carbocycles. The van der Waals surface area contributed by atoms with Crippen LogP contribution in [0.2, 0.25) is 5.02 Å². The predicted molar refractivity (Wildman–Crippen MR) is 165 cm³/mol. The van der Waals surface area contributed by atoms with Crippen LogP contribution in [0.4, 0.5) is 0 Å². The summed E-state index contributed by atoms with van der Waals surface area (Å²) in [6.45, 7) is 8.08. The Labute approximate surface area is 248 Å². The van der Waals surface area contributed by atoms with Gasteiger partial charge in [0.05, 0.1) is 0 Å². The predicted octanol–water partition coefficient (Wildman–Crippen LogP) is 4.85. The number of nitrogens with zero attached hydrogens (tertiary/aromatic N) is 1. The van der Waals surface area contributed by atoms with E-state index in [0.717, 1.165) is 47.8 Å². The van der Waals surface area contributed by atoms with Gasteiger partial charge in [-0.25, -0.2) is 0 Å². The van der Waals surface area contributed by atoms with Gasteiger partial charge in [-0.1, -0.05) is 87.0 Å². The zero-order chi connectivity index (χ0) is 29.4. The summed E-state index contributed by atoms with van der Waals surface area (Å²) in [6, 6.07) is 20.6. The first-order valence-corrected chi connectivity index (χ1v) is 14.8. The Morgan fingerprint density at radius 3 is 2.39 bits per heavy atom. The first kappa shape index (κ1) is 30.5. The van der Waals surface area contributed by atoms with Gasteiger partial charge in [0, 0.05) is 36.5 Å². The van der Waals surface area contributed by atoms with Crippen LogP contribution >= 0.6 is 11.6 Å². The third-order valence-electron chi connectivity index (χ3n) is 7.42. The molecule has 4 rings (SSSR count). The summed E-state index contributed by atoms with van der Waals surface area (Å²) in [5.41, 5.74) is 1.53. The quantitative estimate of drug-likeness (QED) is 0.285. The molecule has 218 valence electrons. The van der Waals surface area contributed by atoms with Crippen molar-refractivity contribution < 1.29 is 14.4 Å². The van der Waals surface area contributed by atoms with Crippen LogP contribution in [0.3, 0.4) is 0 Å². The lowest BCUT2D eigenvalue weighted by Crippen LogP contribution is -2.55. The highest BCUT2D eigenvalue weighted by Crippen LogP contribution is 2.26. The Morgan fingerprint density at radius 1 is 0.951 bits per heavy atom. The molecule has 8 heteroatoms. The number of hydrogen-bond donors (Lipinski definition) is 3. The third kappa shape index (κ3) is 8.54. The van der Waals surface area contributed by atoms with E-state index in [1.807, 2.05) is 81.4 Å². The minimum Gasteiger partial charge on any atom is -0.354 e. The summed E-state index contributed by atoms with van der Waals surface area (Å²) in [5.74, 6) is -0.543. The lowest BCUT2D eigenvalue weighted by atomic mass is 9.94. The molecule has 3 aromatic rings. The number of fused-ring (bicyclic) bond motifs is 1. The summed E-state index contributed by atoms with van der Waals surface area (Å²) in [7, 11) is 0. The fourth-order valence-electron chi connectivity index (χ4n) is 5.17. The van der Waals surface area contributed by atoms with Gasteiger partial charge in [-0.15, -0.1) is 0 Å². The first-order chi connectivity index (χ1) is 19.6. The maximum atomic E-state index is 13.5. The van der Waals surface area contributed by atoms with E-state index in [9.17, 15) is 14.4 Å². The second-order valence-electron chi connectivity index (χ2n) is 11.8. The number of likely N-dealkylation sites (tertiary alicyclic amines) is 1. The average Bonchev–Trinajstić information content (AvgIpc) is 3.44. The van der Waals surface area contributed by atoms with Gasteiger partial charge >= 0.3 is 0 Å². The average molecular weight is 577 g/mol. The number of amides is 3. The molecule has 0 aliphatic carbocycles. The van der Waals surface area contributed by atoms with Crippen LogP contribution in [-0.4, -0.2) is 54.3 Å². The number of halogens is 1. The highest BCUT2D eigenvalue weighted by Gasteiger charge is 2.39. The Bertz CT molecular complexity index is 1350. The summed E-state index contributed by atoms with van der Waals surface area (Å²) < 4.78 is 0. The molecule has 0 unspecified atom stereocenters. The lowest BCUT2D eigenvalue weighted by Gasteiger charge is -2.31. The normalized spacial score (nSPS) is 16.0. The molecule has 1 heterocycles. The van der Waals surface area contributed by atoms with Gasteiger partial charge in [0.2, 0.25) is 17.7 Å². The zero-order valence-corrected chi connectivity index (χ0v) is 25.0. The van der Waals surface area contributed by atoms with Gasteiger partial charge < -0.3 is 20.9 Å². The maximum Gasteiger partial charge on any atom is 0.243 e. The minimum atomic E-state index is -0.752. The molecule has 1 aliphatic heterocycles. The van der Waals surface area contributed by atoms with Crippen molar-refractivity contribution in [2.45, 2.75) is 65.1 Å². The van der Waals surface area contributed by atoms with Crippen molar-refractivity contribution in [2.75, 3.05) is 19.6 Å². The number of carbonyl (C=O) groups is 3. The van der Waals surface area contributed by atoms with Gasteiger partial charge in [0.1, 0.15) is 12.1 Å². The van der Waals surface area contributed by atoms with Crippen molar-refractivity contribution in [3.8, 4) is 0 Å². The van der Waals surface area contributed by atoms with Gasteiger partial charge in [-0.2, -0.15) is 0 Å². The topological polar surface area (TPSA) is 90.5 Å². The molecule has 0 radical (unpaired) electrons. The maximum absolute atomic E-state index is 13.5. The highest BCUT2D eigenvalue weighted by atomic mass is 35.5. The highest BCUT2D eigenvalue weighted by molar-refractivity contribution is 6.30. The van der Waals surface area contributed by atoms with Crippen LogP contribution in [0.25, 0.3) is 10.8 Å². The van der Waals surface area contributed by atoms with E-state index in [4.69, 9.17) is 11.6 Å². The Balaban J connectivity index is 1.38. The van der Waals surface area contributed by atoms with Crippen LogP contribution in [0.5, 0.6) is 0 Å². The molecule has 1 aliphatic rings. The van der Waals surface area contributed by atoms with E-state index in [-0.39, 0.29) is 17.7 Å². The van der Waals surface area contributed by atoms with Gasteiger partial charge in [-0.05, 0) is 59.8 Å². The number of rotatable bonds is 11. The second kappa shape index (κ2) is 14.0. The molecule has 3 aromatic carbocycles. The van der Waals surface area contributed by atoms with Crippen molar-refractivity contribution in [3.05, 3.63) is 82.9 Å². The molecule has 0 spiro atoms. The summed E-state index contributed by atoms with van der Waals surface area (Å²) in [5, 5.41) is 12.3. The van der Waals surface area contributed by atoms with Crippen molar-refractivity contribution >= 4 is 40.1 Å². The second-order valence-corrected chi connectivity index (χ2v) is 12.2. The van der Waals surface area contributed by atoms with Crippen molar-refractivity contribution in [1.29, 1.82) is 0 Å². The van der Waals surface area contributed by atoms with Crippen LogP contribution in [0, 0.1) is 5.41 Å². The van der Waals surface area contributed by atoms with E-state index in [0.29, 0.717) is 31.0 Å². The molecule has 0 aromatic heterocycles. The molecular weight excluding hydrogens is 536 g/mol. The Hall–Kier alpha value is -3.42. The minimum absolute atomic E-state index is 0.0446. The number of carbonyl (C=O) groups excluding carboxylic acids is 3. The monoisotopic (exact) mass is 576 g/mol. The fourth-order valence-corrected chi connectivity index (χ4v) is 5.30. The van der Waals surface area contributed by atoms with Crippen LogP contribution in [-0.2, 0) is 27.3 Å². The number of nitrogens with one attached hydrogen (secondary N) is 3. The van der Waals surface area contributed by atoms with Crippen LogP contribution in [0.15, 0.2) is 66.7 Å². The Morgan fingerprint density at radius 2 is 1.66 bits per heavy atom. The molecule has 2 atom stereocenters. The molecule has 41 heavy (non-hydrogen) atoms. The van der Waals surface area contributed by atoms with Gasteiger partial charge in [0.25, 0.3) is 0 Å². The fraction of sp³-hybridized carbons (Fsp3) is 0.424. The van der Waals surface area contributed by atoms with Gasteiger partial charge in [-0.3, -0.25) is 14.4 Å². The summed E-state index contributed by atoms with van der Waals surface area (Å²) in [4.78, 5) is 41.5. The summed E-state index contributed by atoms with van der Waals surface area (Å²) >= 11 is 5.95. The van der Waals surface area contributed by atoms with Gasteiger partial charge in [0.15, 0.2) is 0 Å². The Kier molecular flexibility index (Phi) is 10.4. The van der Waals surface area contributed by atoms with Crippen LogP contribution < -0.4 is 16.0 Å². The van der Waals surface area contributed by atoms with Crippen molar-refractivity contribution in [1.82, 2.24) is 20.9 Å². The van der Waals surface area contributed by atoms with E-state index in [1.54, 1.807) is 4.90 Å². The third-order valence-corrected chi connectivity index (χ3v) is 7.67.